The smallest absolute Gasteiger partial charge is 0.0483 e. The zero-order valence-corrected chi connectivity index (χ0v) is 12.8. The van der Waals surface area contributed by atoms with E-state index in [2.05, 4.69) is 48.0 Å². The molecule has 21 heavy (non-hydrogen) atoms. The first-order valence-electron chi connectivity index (χ1n) is 7.21. The lowest BCUT2D eigenvalue weighted by molar-refractivity contribution is 0.449. The fourth-order valence-electron chi connectivity index (χ4n) is 2.73. The predicted molar refractivity (Wildman–Crippen MR) is 89.8 cm³/mol. The van der Waals surface area contributed by atoms with Crippen LogP contribution in [0.1, 0.15) is 18.5 Å². The zero-order chi connectivity index (χ0) is 14.8. The molecule has 0 spiro atoms. The molecule has 3 heteroatoms. The summed E-state index contributed by atoms with van der Waals surface area (Å²) in [6, 6.07) is 18.7. The van der Waals surface area contributed by atoms with Crippen molar-refractivity contribution in [3.8, 4) is 0 Å². The first-order valence-corrected chi connectivity index (χ1v) is 7.58. The molecule has 2 atom stereocenters. The molecule has 0 aliphatic heterocycles. The second kappa shape index (κ2) is 5.92. The number of fused-ring (bicyclic) bond motifs is 1. The largest absolute Gasteiger partial charge is 0.343 e. The highest BCUT2D eigenvalue weighted by Gasteiger charge is 2.16. The second-order valence-electron chi connectivity index (χ2n) is 5.52. The van der Waals surface area contributed by atoms with Gasteiger partial charge < -0.3 is 10.3 Å². The van der Waals surface area contributed by atoms with Gasteiger partial charge in [0.05, 0.1) is 0 Å². The second-order valence-corrected chi connectivity index (χ2v) is 5.95. The van der Waals surface area contributed by atoms with Gasteiger partial charge in [-0.25, -0.2) is 0 Å². The summed E-state index contributed by atoms with van der Waals surface area (Å²) in [5.41, 5.74) is 8.87. The maximum atomic E-state index is 6.42. The van der Waals surface area contributed by atoms with Crippen LogP contribution in [0.15, 0.2) is 60.8 Å². The van der Waals surface area contributed by atoms with E-state index in [4.69, 9.17) is 17.3 Å². The van der Waals surface area contributed by atoms with Crippen molar-refractivity contribution < 1.29 is 0 Å². The van der Waals surface area contributed by atoms with Gasteiger partial charge in [0.25, 0.3) is 0 Å². The quantitative estimate of drug-likeness (QED) is 0.759. The summed E-state index contributed by atoms with van der Waals surface area (Å²) in [5.74, 6) is 0. The molecule has 0 fully saturated rings. The van der Waals surface area contributed by atoms with Crippen LogP contribution in [-0.4, -0.2) is 10.6 Å². The van der Waals surface area contributed by atoms with Gasteiger partial charge in [0.2, 0.25) is 0 Å². The molecule has 2 unspecified atom stereocenters. The zero-order valence-electron chi connectivity index (χ0n) is 12.0. The Bertz CT molecular complexity index is 730. The van der Waals surface area contributed by atoms with Crippen molar-refractivity contribution in [2.75, 3.05) is 0 Å². The van der Waals surface area contributed by atoms with Crippen molar-refractivity contribution in [2.24, 2.45) is 5.73 Å². The Morgan fingerprint density at radius 1 is 1.05 bits per heavy atom. The average Bonchev–Trinajstić information content (AvgIpc) is 2.92. The Morgan fingerprint density at radius 3 is 2.52 bits per heavy atom. The maximum Gasteiger partial charge on any atom is 0.0483 e. The summed E-state index contributed by atoms with van der Waals surface area (Å²) >= 11 is 5.92. The van der Waals surface area contributed by atoms with Crippen LogP contribution < -0.4 is 5.73 Å². The van der Waals surface area contributed by atoms with E-state index in [9.17, 15) is 0 Å². The molecule has 0 bridgehead atoms. The van der Waals surface area contributed by atoms with Gasteiger partial charge in [0, 0.05) is 28.8 Å². The third kappa shape index (κ3) is 2.97. The highest BCUT2D eigenvalue weighted by Crippen LogP contribution is 2.23. The number of nitrogens with two attached hydrogens (primary N) is 1. The number of hydrogen-bond donors (Lipinski definition) is 1. The van der Waals surface area contributed by atoms with Crippen molar-refractivity contribution in [2.45, 2.75) is 25.4 Å². The minimum Gasteiger partial charge on any atom is -0.343 e. The molecule has 0 saturated heterocycles. The van der Waals surface area contributed by atoms with Gasteiger partial charge in [-0.1, -0.05) is 41.9 Å². The lowest BCUT2D eigenvalue weighted by Gasteiger charge is -2.23. The van der Waals surface area contributed by atoms with Gasteiger partial charge in [-0.3, -0.25) is 0 Å². The Morgan fingerprint density at radius 2 is 1.76 bits per heavy atom. The molecule has 0 radical (unpaired) electrons. The van der Waals surface area contributed by atoms with Gasteiger partial charge >= 0.3 is 0 Å². The molecule has 3 aromatic rings. The molecule has 0 amide bonds. The van der Waals surface area contributed by atoms with Crippen molar-refractivity contribution >= 4 is 22.5 Å². The lowest BCUT2D eigenvalue weighted by atomic mass is 10.0. The summed E-state index contributed by atoms with van der Waals surface area (Å²) in [6.07, 6.45) is 2.96. The maximum absolute atomic E-state index is 6.42. The van der Waals surface area contributed by atoms with E-state index in [1.807, 2.05) is 24.3 Å². The van der Waals surface area contributed by atoms with Crippen LogP contribution in [0, 0.1) is 0 Å². The standard InChI is InChI=1S/C18H19ClN2/c1-13(17(20)12-14-6-8-16(19)9-7-14)21-11-10-15-4-2-3-5-18(15)21/h2-11,13,17H,12,20H2,1H3. The Hall–Kier alpha value is -1.77. The highest BCUT2D eigenvalue weighted by molar-refractivity contribution is 6.30. The molecule has 2 N–H and O–H groups in total. The minimum absolute atomic E-state index is 0.0574. The summed E-state index contributed by atoms with van der Waals surface area (Å²) < 4.78 is 2.26. The summed E-state index contributed by atoms with van der Waals surface area (Å²) in [4.78, 5) is 0. The molecule has 0 aliphatic rings. The molecule has 0 saturated carbocycles. The molecular formula is C18H19ClN2. The average molecular weight is 299 g/mol. The number of rotatable bonds is 4. The third-order valence-electron chi connectivity index (χ3n) is 4.07. The molecule has 2 aromatic carbocycles. The van der Waals surface area contributed by atoms with Crippen LogP contribution >= 0.6 is 11.6 Å². The van der Waals surface area contributed by atoms with Gasteiger partial charge in [-0.2, -0.15) is 0 Å². The van der Waals surface area contributed by atoms with Crippen molar-refractivity contribution in [3.05, 3.63) is 71.4 Å². The van der Waals surface area contributed by atoms with Gasteiger partial charge in [-0.05, 0) is 48.6 Å². The van der Waals surface area contributed by atoms with Crippen LogP contribution in [0.3, 0.4) is 0 Å². The first kappa shape index (κ1) is 14.2. The van der Waals surface area contributed by atoms with E-state index in [0.29, 0.717) is 0 Å². The van der Waals surface area contributed by atoms with E-state index in [1.54, 1.807) is 0 Å². The fraction of sp³-hybridized carbons (Fsp3) is 0.222. The predicted octanol–water partition coefficient (Wildman–Crippen LogP) is 4.43. The number of nitrogens with zero attached hydrogens (tertiary/aromatic N) is 1. The van der Waals surface area contributed by atoms with Gasteiger partial charge in [0.15, 0.2) is 0 Å². The number of para-hydroxylation sites is 1. The SMILES string of the molecule is CC(C(N)Cc1ccc(Cl)cc1)n1ccc2ccccc21. The van der Waals surface area contributed by atoms with Crippen molar-refractivity contribution in [3.63, 3.8) is 0 Å². The monoisotopic (exact) mass is 298 g/mol. The summed E-state index contributed by atoms with van der Waals surface area (Å²) in [5, 5.41) is 2.01. The van der Waals surface area contributed by atoms with E-state index in [0.717, 1.165) is 11.4 Å². The molecule has 0 aliphatic carbocycles. The number of benzene rings is 2. The van der Waals surface area contributed by atoms with Crippen LogP contribution in [0.2, 0.25) is 5.02 Å². The number of hydrogen-bond acceptors (Lipinski definition) is 1. The molecule has 3 rings (SSSR count). The number of aromatic nitrogens is 1. The first-order chi connectivity index (χ1) is 10.1. The van der Waals surface area contributed by atoms with Crippen LogP contribution in [0.4, 0.5) is 0 Å². The summed E-state index contributed by atoms with van der Waals surface area (Å²) in [6.45, 7) is 2.17. The minimum atomic E-state index is 0.0574. The van der Waals surface area contributed by atoms with E-state index < -0.39 is 0 Å². The molecule has 1 heterocycles. The van der Waals surface area contributed by atoms with Crippen molar-refractivity contribution in [1.29, 1.82) is 0 Å². The molecule has 108 valence electrons. The third-order valence-corrected chi connectivity index (χ3v) is 4.32. The van der Waals surface area contributed by atoms with Gasteiger partial charge in [-0.15, -0.1) is 0 Å². The fourth-order valence-corrected chi connectivity index (χ4v) is 2.86. The van der Waals surface area contributed by atoms with E-state index in [1.165, 1.54) is 16.5 Å². The molecule has 2 nitrogen and oxygen atoms in total. The lowest BCUT2D eigenvalue weighted by Crippen LogP contribution is -2.32. The normalized spacial score (nSPS) is 14.2. The number of halogens is 1. The highest BCUT2D eigenvalue weighted by atomic mass is 35.5. The Labute approximate surface area is 130 Å². The molecular weight excluding hydrogens is 280 g/mol. The Kier molecular flexibility index (Phi) is 4.00. The molecule has 1 aromatic heterocycles. The van der Waals surface area contributed by atoms with Crippen LogP contribution in [0.5, 0.6) is 0 Å². The van der Waals surface area contributed by atoms with E-state index >= 15 is 0 Å². The Balaban J connectivity index is 1.80. The van der Waals surface area contributed by atoms with Gasteiger partial charge in [0.1, 0.15) is 0 Å². The van der Waals surface area contributed by atoms with E-state index in [-0.39, 0.29) is 12.1 Å². The summed E-state index contributed by atoms with van der Waals surface area (Å²) in [7, 11) is 0. The van der Waals surface area contributed by atoms with Crippen LogP contribution in [0.25, 0.3) is 10.9 Å². The van der Waals surface area contributed by atoms with Crippen LogP contribution in [-0.2, 0) is 6.42 Å². The van der Waals surface area contributed by atoms with Crippen molar-refractivity contribution in [1.82, 2.24) is 4.57 Å². The topological polar surface area (TPSA) is 30.9 Å².